The summed E-state index contributed by atoms with van der Waals surface area (Å²) >= 11 is 0. The van der Waals surface area contributed by atoms with Crippen LogP contribution in [-0.4, -0.2) is 26.6 Å². The smallest absolute Gasteiger partial charge is 0.251 e. The lowest BCUT2D eigenvalue weighted by Gasteiger charge is -2.12. The quantitative estimate of drug-likeness (QED) is 0.881. The number of aryl methyl sites for hydroxylation is 1. The molecule has 0 radical (unpaired) electrons. The molecule has 136 valence electrons. The number of rotatable bonds is 5. The van der Waals surface area contributed by atoms with E-state index in [9.17, 15) is 13.2 Å². The SMILES string of the molecule is CCS(=O)(=O)c1ccc(C(=O)NC[C@H]2C[C@]23CCc2ccccc23)cc1. The Kier molecular flexibility index (Phi) is 4.14. The number of sulfone groups is 1. The fraction of sp³-hybridized carbons (Fsp3) is 0.381. The second-order valence-electron chi connectivity index (χ2n) is 7.35. The van der Waals surface area contributed by atoms with Gasteiger partial charge in [-0.15, -0.1) is 0 Å². The Hall–Kier alpha value is -2.14. The van der Waals surface area contributed by atoms with Crippen molar-refractivity contribution in [1.29, 1.82) is 0 Å². The van der Waals surface area contributed by atoms with Crippen molar-refractivity contribution in [3.63, 3.8) is 0 Å². The minimum atomic E-state index is -3.23. The van der Waals surface area contributed by atoms with Crippen LogP contribution in [0.5, 0.6) is 0 Å². The van der Waals surface area contributed by atoms with Crippen LogP contribution < -0.4 is 5.32 Å². The van der Waals surface area contributed by atoms with E-state index in [4.69, 9.17) is 0 Å². The van der Waals surface area contributed by atoms with E-state index in [1.54, 1.807) is 19.1 Å². The van der Waals surface area contributed by atoms with Crippen LogP contribution in [-0.2, 0) is 21.7 Å². The van der Waals surface area contributed by atoms with E-state index in [0.29, 0.717) is 18.0 Å². The largest absolute Gasteiger partial charge is 0.352 e. The summed E-state index contributed by atoms with van der Waals surface area (Å²) in [5.74, 6) is 0.415. The van der Waals surface area contributed by atoms with Crippen molar-refractivity contribution in [1.82, 2.24) is 5.32 Å². The highest BCUT2D eigenvalue weighted by Crippen LogP contribution is 2.61. The van der Waals surface area contributed by atoms with E-state index in [-0.39, 0.29) is 22.0 Å². The molecule has 4 rings (SSSR count). The Balaban J connectivity index is 1.39. The topological polar surface area (TPSA) is 63.2 Å². The summed E-state index contributed by atoms with van der Waals surface area (Å²) in [7, 11) is -3.23. The number of benzene rings is 2. The zero-order chi connectivity index (χ0) is 18.4. The molecule has 1 fully saturated rings. The summed E-state index contributed by atoms with van der Waals surface area (Å²) in [6.07, 6.45) is 3.45. The van der Waals surface area contributed by atoms with Crippen molar-refractivity contribution in [2.45, 2.75) is 36.5 Å². The van der Waals surface area contributed by atoms with Crippen LogP contribution >= 0.6 is 0 Å². The number of carbonyl (C=O) groups excluding carboxylic acids is 1. The maximum Gasteiger partial charge on any atom is 0.251 e. The van der Waals surface area contributed by atoms with Gasteiger partial charge in [-0.3, -0.25) is 4.79 Å². The number of amides is 1. The second kappa shape index (κ2) is 6.23. The van der Waals surface area contributed by atoms with Gasteiger partial charge in [0, 0.05) is 17.5 Å². The average molecular weight is 369 g/mol. The van der Waals surface area contributed by atoms with Crippen LogP contribution in [0.1, 0.15) is 41.3 Å². The highest BCUT2D eigenvalue weighted by atomic mass is 32.2. The lowest BCUT2D eigenvalue weighted by Crippen LogP contribution is -2.27. The summed E-state index contributed by atoms with van der Waals surface area (Å²) in [4.78, 5) is 12.7. The van der Waals surface area contributed by atoms with Crippen molar-refractivity contribution >= 4 is 15.7 Å². The van der Waals surface area contributed by atoms with Crippen molar-refractivity contribution in [2.75, 3.05) is 12.3 Å². The number of hydrogen-bond acceptors (Lipinski definition) is 3. The molecule has 2 aliphatic rings. The van der Waals surface area contributed by atoms with Gasteiger partial charge in [0.15, 0.2) is 9.84 Å². The van der Waals surface area contributed by atoms with Gasteiger partial charge < -0.3 is 5.32 Å². The lowest BCUT2D eigenvalue weighted by molar-refractivity contribution is 0.0951. The zero-order valence-electron chi connectivity index (χ0n) is 14.9. The minimum Gasteiger partial charge on any atom is -0.352 e. The van der Waals surface area contributed by atoms with E-state index >= 15 is 0 Å². The monoisotopic (exact) mass is 369 g/mol. The molecule has 1 saturated carbocycles. The second-order valence-corrected chi connectivity index (χ2v) is 9.63. The zero-order valence-corrected chi connectivity index (χ0v) is 15.7. The molecule has 1 amide bonds. The predicted octanol–water partition coefficient (Wildman–Crippen LogP) is 3.11. The molecule has 0 aromatic heterocycles. The molecule has 2 atom stereocenters. The van der Waals surface area contributed by atoms with E-state index in [1.807, 2.05) is 0 Å². The third-order valence-electron chi connectivity index (χ3n) is 5.99. The molecule has 5 heteroatoms. The molecule has 2 aliphatic carbocycles. The predicted molar refractivity (Wildman–Crippen MR) is 101 cm³/mol. The number of fused-ring (bicyclic) bond motifs is 2. The first kappa shape index (κ1) is 17.3. The summed E-state index contributed by atoms with van der Waals surface area (Å²) in [6.45, 7) is 2.28. The van der Waals surface area contributed by atoms with Gasteiger partial charge in [-0.1, -0.05) is 31.2 Å². The maximum absolute atomic E-state index is 12.4. The van der Waals surface area contributed by atoms with Crippen molar-refractivity contribution < 1.29 is 13.2 Å². The molecule has 1 spiro atoms. The van der Waals surface area contributed by atoms with E-state index in [1.165, 1.54) is 29.7 Å². The molecule has 0 saturated heterocycles. The van der Waals surface area contributed by atoms with Gasteiger partial charge in [-0.25, -0.2) is 8.42 Å². The first-order chi connectivity index (χ1) is 12.5. The van der Waals surface area contributed by atoms with Crippen LogP contribution in [0.3, 0.4) is 0 Å². The highest BCUT2D eigenvalue weighted by Gasteiger charge is 2.57. The Morgan fingerprint density at radius 1 is 1.15 bits per heavy atom. The fourth-order valence-corrected chi connectivity index (χ4v) is 5.18. The summed E-state index contributed by atoms with van der Waals surface area (Å²) in [5, 5.41) is 3.03. The normalized spacial score (nSPS) is 23.7. The highest BCUT2D eigenvalue weighted by molar-refractivity contribution is 7.91. The first-order valence-corrected chi connectivity index (χ1v) is 10.8. The van der Waals surface area contributed by atoms with Crippen molar-refractivity contribution in [3.8, 4) is 0 Å². The number of hydrogen-bond donors (Lipinski definition) is 1. The van der Waals surface area contributed by atoms with Gasteiger partial charge in [0.05, 0.1) is 10.6 Å². The summed E-state index contributed by atoms with van der Waals surface area (Å²) in [6, 6.07) is 14.8. The van der Waals surface area contributed by atoms with Gasteiger partial charge in [0.25, 0.3) is 5.91 Å². The lowest BCUT2D eigenvalue weighted by atomic mass is 9.95. The van der Waals surface area contributed by atoms with Gasteiger partial charge in [0.2, 0.25) is 0 Å². The summed E-state index contributed by atoms with van der Waals surface area (Å²) in [5.41, 5.74) is 3.69. The molecule has 4 nitrogen and oxygen atoms in total. The Labute approximate surface area is 154 Å². The fourth-order valence-electron chi connectivity index (χ4n) is 4.30. The molecular formula is C21H23NO3S. The van der Waals surface area contributed by atoms with Gasteiger partial charge in [0.1, 0.15) is 0 Å². The Bertz CT molecular complexity index is 949. The van der Waals surface area contributed by atoms with E-state index < -0.39 is 9.84 Å². The Morgan fingerprint density at radius 2 is 1.88 bits per heavy atom. The van der Waals surface area contributed by atoms with E-state index in [2.05, 4.69) is 29.6 Å². The van der Waals surface area contributed by atoms with E-state index in [0.717, 1.165) is 12.8 Å². The van der Waals surface area contributed by atoms with Crippen LogP contribution in [0.25, 0.3) is 0 Å². The van der Waals surface area contributed by atoms with Gasteiger partial charge in [-0.2, -0.15) is 0 Å². The molecular weight excluding hydrogens is 346 g/mol. The van der Waals surface area contributed by atoms with Crippen LogP contribution in [0.15, 0.2) is 53.4 Å². The van der Waals surface area contributed by atoms with Crippen LogP contribution in [0, 0.1) is 5.92 Å². The molecule has 0 unspecified atom stereocenters. The van der Waals surface area contributed by atoms with Crippen molar-refractivity contribution in [3.05, 3.63) is 65.2 Å². The third-order valence-corrected chi connectivity index (χ3v) is 7.74. The molecule has 2 aromatic carbocycles. The molecule has 0 heterocycles. The minimum absolute atomic E-state index is 0.0593. The van der Waals surface area contributed by atoms with Gasteiger partial charge >= 0.3 is 0 Å². The molecule has 26 heavy (non-hydrogen) atoms. The van der Waals surface area contributed by atoms with Crippen LogP contribution in [0.2, 0.25) is 0 Å². The Morgan fingerprint density at radius 3 is 2.62 bits per heavy atom. The average Bonchev–Trinajstić information content (AvgIpc) is 3.26. The third kappa shape index (κ3) is 2.84. The van der Waals surface area contributed by atoms with Crippen LogP contribution in [0.4, 0.5) is 0 Å². The van der Waals surface area contributed by atoms with Gasteiger partial charge in [-0.05, 0) is 60.6 Å². The number of carbonyl (C=O) groups is 1. The first-order valence-electron chi connectivity index (χ1n) is 9.16. The molecule has 2 aromatic rings. The molecule has 0 aliphatic heterocycles. The maximum atomic E-state index is 12.4. The van der Waals surface area contributed by atoms with Crippen molar-refractivity contribution in [2.24, 2.45) is 5.92 Å². The summed E-state index contributed by atoms with van der Waals surface area (Å²) < 4.78 is 23.7. The standard InChI is InChI=1S/C21H23NO3S/c1-2-26(24,25)18-9-7-16(8-10-18)20(23)22-14-17-13-21(17)12-11-15-5-3-4-6-19(15)21/h3-10,17H,2,11-14H2,1H3,(H,22,23)/t17-,21-/m1/s1. The number of nitrogens with one attached hydrogen (secondary N) is 1. The molecule has 1 N–H and O–H groups in total. The molecule has 0 bridgehead atoms.